The van der Waals surface area contributed by atoms with Gasteiger partial charge in [-0.2, -0.15) is 0 Å². The van der Waals surface area contributed by atoms with Crippen molar-refractivity contribution >= 4 is 0 Å². The average molecular weight is 392 g/mol. The second-order valence-electron chi connectivity index (χ2n) is 6.61. The number of benzene rings is 2. The number of hydrogen-bond acceptors (Lipinski definition) is 5. The highest BCUT2D eigenvalue weighted by Gasteiger charge is 2.24. The molecule has 0 aliphatic carbocycles. The summed E-state index contributed by atoms with van der Waals surface area (Å²) < 4.78 is 44.0. The molecule has 7 heteroatoms. The van der Waals surface area contributed by atoms with E-state index in [2.05, 4.69) is 10.2 Å². The third-order valence-corrected chi connectivity index (χ3v) is 4.98. The molecule has 1 saturated heterocycles. The van der Waals surface area contributed by atoms with Gasteiger partial charge in [-0.3, -0.25) is 4.90 Å². The zero-order valence-corrected chi connectivity index (χ0v) is 16.2. The lowest BCUT2D eigenvalue weighted by Gasteiger charge is -2.35. The fourth-order valence-electron chi connectivity index (χ4n) is 3.44. The smallest absolute Gasteiger partial charge is 0.161 e. The van der Waals surface area contributed by atoms with Gasteiger partial charge in [0.25, 0.3) is 0 Å². The Morgan fingerprint density at radius 1 is 1.04 bits per heavy atom. The number of morpholine rings is 1. The van der Waals surface area contributed by atoms with Crippen molar-refractivity contribution in [3.05, 3.63) is 59.2 Å². The zero-order chi connectivity index (χ0) is 19.9. The molecule has 152 valence electrons. The molecule has 3 rings (SSSR count). The molecular weight excluding hydrogens is 366 g/mol. The summed E-state index contributed by atoms with van der Waals surface area (Å²) in [5, 5.41) is 3.21. The van der Waals surface area contributed by atoms with E-state index in [1.165, 1.54) is 18.2 Å². The summed E-state index contributed by atoms with van der Waals surface area (Å²) >= 11 is 0. The Labute approximate surface area is 164 Å². The molecule has 1 aliphatic rings. The fraction of sp³-hybridized carbons (Fsp3) is 0.429. The minimum Gasteiger partial charge on any atom is -0.493 e. The number of hydrogen-bond donors (Lipinski definition) is 1. The van der Waals surface area contributed by atoms with Gasteiger partial charge in [0, 0.05) is 37.8 Å². The Morgan fingerprint density at radius 2 is 1.71 bits per heavy atom. The van der Waals surface area contributed by atoms with Gasteiger partial charge >= 0.3 is 0 Å². The Kier molecular flexibility index (Phi) is 7.19. The van der Waals surface area contributed by atoms with E-state index in [1.54, 1.807) is 14.2 Å². The molecule has 1 fully saturated rings. The first-order valence-corrected chi connectivity index (χ1v) is 9.31. The lowest BCUT2D eigenvalue weighted by molar-refractivity contribution is 0.0160. The van der Waals surface area contributed by atoms with E-state index in [0.717, 1.165) is 18.7 Å². The van der Waals surface area contributed by atoms with Crippen LogP contribution in [0.1, 0.15) is 17.2 Å². The van der Waals surface area contributed by atoms with Crippen LogP contribution in [-0.4, -0.2) is 52.0 Å². The van der Waals surface area contributed by atoms with Crippen LogP contribution in [0.2, 0.25) is 0 Å². The van der Waals surface area contributed by atoms with Crippen molar-refractivity contribution < 1.29 is 23.0 Å². The number of nitrogens with one attached hydrogen (secondary N) is 1. The molecule has 0 amide bonds. The first-order valence-electron chi connectivity index (χ1n) is 9.31. The van der Waals surface area contributed by atoms with Gasteiger partial charge in [0.05, 0.1) is 27.4 Å². The maximum Gasteiger partial charge on any atom is 0.161 e. The molecule has 2 aromatic rings. The molecule has 2 aromatic carbocycles. The Morgan fingerprint density at radius 3 is 2.36 bits per heavy atom. The minimum atomic E-state index is -0.540. The molecule has 0 saturated carbocycles. The van der Waals surface area contributed by atoms with Crippen molar-refractivity contribution in [1.82, 2.24) is 10.2 Å². The number of halogens is 2. The summed E-state index contributed by atoms with van der Waals surface area (Å²) in [4.78, 5) is 2.30. The number of ether oxygens (including phenoxy) is 3. The number of nitrogens with zero attached hydrogens (tertiary/aromatic N) is 1. The standard InChI is InChI=1S/C21H26F2N2O3/c1-26-20-7-6-15(12-21(20)27-2)19(25-8-10-28-11-9-25)14-24-13-16-17(22)4-3-5-18(16)23/h3-7,12,19,24H,8-11,13-14H2,1-2H3. The fourth-order valence-corrected chi connectivity index (χ4v) is 3.44. The van der Waals surface area contributed by atoms with Crippen molar-refractivity contribution in [2.24, 2.45) is 0 Å². The van der Waals surface area contributed by atoms with Crippen molar-refractivity contribution in [3.8, 4) is 11.5 Å². The molecule has 1 atom stereocenters. The molecule has 0 radical (unpaired) electrons. The van der Waals surface area contributed by atoms with E-state index in [9.17, 15) is 8.78 Å². The lowest BCUT2D eigenvalue weighted by Crippen LogP contribution is -2.42. The van der Waals surface area contributed by atoms with Crippen LogP contribution < -0.4 is 14.8 Å². The highest BCUT2D eigenvalue weighted by molar-refractivity contribution is 5.44. The molecule has 0 bridgehead atoms. The summed E-state index contributed by atoms with van der Waals surface area (Å²) in [6.45, 7) is 3.54. The lowest BCUT2D eigenvalue weighted by atomic mass is 10.0. The van der Waals surface area contributed by atoms with E-state index in [4.69, 9.17) is 14.2 Å². The van der Waals surface area contributed by atoms with Gasteiger partial charge in [0.15, 0.2) is 11.5 Å². The maximum atomic E-state index is 13.9. The summed E-state index contributed by atoms with van der Waals surface area (Å²) in [5.74, 6) is 0.231. The highest BCUT2D eigenvalue weighted by atomic mass is 19.1. The van der Waals surface area contributed by atoms with Crippen molar-refractivity contribution in [1.29, 1.82) is 0 Å². The van der Waals surface area contributed by atoms with Crippen molar-refractivity contribution in [2.45, 2.75) is 12.6 Å². The first kappa shape index (κ1) is 20.5. The maximum absolute atomic E-state index is 13.9. The third kappa shape index (κ3) is 4.79. The van der Waals surface area contributed by atoms with E-state index < -0.39 is 11.6 Å². The Bertz CT molecular complexity index is 762. The monoisotopic (exact) mass is 392 g/mol. The topological polar surface area (TPSA) is 43.0 Å². The van der Waals surface area contributed by atoms with Crippen LogP contribution in [-0.2, 0) is 11.3 Å². The third-order valence-electron chi connectivity index (χ3n) is 4.98. The van der Waals surface area contributed by atoms with Gasteiger partial charge in [-0.15, -0.1) is 0 Å². The van der Waals surface area contributed by atoms with Gasteiger partial charge in [-0.25, -0.2) is 8.78 Å². The normalized spacial score (nSPS) is 16.0. The van der Waals surface area contributed by atoms with Crippen LogP contribution in [0.3, 0.4) is 0 Å². The van der Waals surface area contributed by atoms with Gasteiger partial charge in [0.1, 0.15) is 11.6 Å². The van der Waals surface area contributed by atoms with E-state index >= 15 is 0 Å². The molecule has 1 aliphatic heterocycles. The van der Waals surface area contributed by atoms with Crippen molar-refractivity contribution in [2.75, 3.05) is 47.1 Å². The predicted octanol–water partition coefficient (Wildman–Crippen LogP) is 3.15. The van der Waals surface area contributed by atoms with E-state index in [-0.39, 0.29) is 18.2 Å². The summed E-state index contributed by atoms with van der Waals surface area (Å²) in [6, 6.07) is 9.74. The first-order chi connectivity index (χ1) is 13.6. The molecule has 5 nitrogen and oxygen atoms in total. The second-order valence-corrected chi connectivity index (χ2v) is 6.61. The summed E-state index contributed by atoms with van der Waals surface area (Å²) in [7, 11) is 3.20. The average Bonchev–Trinajstić information content (AvgIpc) is 2.73. The molecule has 0 aromatic heterocycles. The van der Waals surface area contributed by atoms with E-state index in [0.29, 0.717) is 31.3 Å². The minimum absolute atomic E-state index is 0.0125. The molecular formula is C21H26F2N2O3. The summed E-state index contributed by atoms with van der Waals surface area (Å²) in [5.41, 5.74) is 1.09. The molecule has 1 N–H and O–H groups in total. The molecule has 28 heavy (non-hydrogen) atoms. The summed E-state index contributed by atoms with van der Waals surface area (Å²) in [6.07, 6.45) is 0. The SMILES string of the molecule is COc1ccc(C(CNCc2c(F)cccc2F)N2CCOCC2)cc1OC. The van der Waals surface area contributed by atoms with Crippen LogP contribution in [0.4, 0.5) is 8.78 Å². The van der Waals surface area contributed by atoms with Gasteiger partial charge in [-0.05, 0) is 29.8 Å². The quantitative estimate of drug-likeness (QED) is 0.748. The highest BCUT2D eigenvalue weighted by Crippen LogP contribution is 2.32. The van der Waals surface area contributed by atoms with Gasteiger partial charge < -0.3 is 19.5 Å². The zero-order valence-electron chi connectivity index (χ0n) is 16.2. The molecule has 1 unspecified atom stereocenters. The Hall–Kier alpha value is -2.22. The number of methoxy groups -OCH3 is 2. The predicted molar refractivity (Wildman–Crippen MR) is 103 cm³/mol. The van der Waals surface area contributed by atoms with Crippen LogP contribution >= 0.6 is 0 Å². The Balaban J connectivity index is 1.77. The van der Waals surface area contributed by atoms with Crippen LogP contribution in [0.25, 0.3) is 0 Å². The van der Waals surface area contributed by atoms with Crippen LogP contribution in [0, 0.1) is 11.6 Å². The van der Waals surface area contributed by atoms with Crippen LogP contribution in [0.5, 0.6) is 11.5 Å². The second kappa shape index (κ2) is 9.82. The molecule has 1 heterocycles. The van der Waals surface area contributed by atoms with Crippen molar-refractivity contribution in [3.63, 3.8) is 0 Å². The molecule has 0 spiro atoms. The van der Waals surface area contributed by atoms with Gasteiger partial charge in [-0.1, -0.05) is 12.1 Å². The van der Waals surface area contributed by atoms with Gasteiger partial charge in [0.2, 0.25) is 0 Å². The van der Waals surface area contributed by atoms with Crippen LogP contribution in [0.15, 0.2) is 36.4 Å². The number of rotatable bonds is 8. The largest absolute Gasteiger partial charge is 0.493 e. The van der Waals surface area contributed by atoms with E-state index in [1.807, 2.05) is 18.2 Å².